The summed E-state index contributed by atoms with van der Waals surface area (Å²) in [5.74, 6) is 0. The van der Waals surface area contributed by atoms with Crippen LogP contribution < -0.4 is 5.46 Å². The molecule has 0 amide bonds. The minimum Gasteiger partial charge on any atom is -0.399 e. The van der Waals surface area contributed by atoms with Crippen LogP contribution in [0.1, 0.15) is 41.5 Å². The zero-order chi connectivity index (χ0) is 28.8. The summed E-state index contributed by atoms with van der Waals surface area (Å²) in [6.45, 7) is 12.4. The molecular formula is C38H37BO2. The lowest BCUT2D eigenvalue weighted by molar-refractivity contribution is 0.00578. The van der Waals surface area contributed by atoms with Crippen molar-refractivity contribution in [1.29, 1.82) is 0 Å². The lowest BCUT2D eigenvalue weighted by atomic mass is 9.78. The molecule has 0 bridgehead atoms. The number of benzene rings is 6. The van der Waals surface area contributed by atoms with Crippen molar-refractivity contribution in [1.82, 2.24) is 0 Å². The van der Waals surface area contributed by atoms with Crippen molar-refractivity contribution in [2.24, 2.45) is 0 Å². The summed E-state index contributed by atoms with van der Waals surface area (Å²) in [4.78, 5) is 0. The molecule has 1 fully saturated rings. The lowest BCUT2D eigenvalue weighted by Gasteiger charge is -2.32. The van der Waals surface area contributed by atoms with E-state index in [4.69, 9.17) is 9.31 Å². The van der Waals surface area contributed by atoms with Crippen molar-refractivity contribution < 1.29 is 9.31 Å². The third kappa shape index (κ3) is 4.54. The molecular weight excluding hydrogens is 499 g/mol. The van der Waals surface area contributed by atoms with Crippen LogP contribution in [0.15, 0.2) is 115 Å². The van der Waals surface area contributed by atoms with E-state index in [-0.39, 0.29) is 18.3 Å². The summed E-state index contributed by atoms with van der Waals surface area (Å²) in [6.07, 6.45) is 0. The molecule has 6 aromatic rings. The Bertz CT molecular complexity index is 1790. The van der Waals surface area contributed by atoms with Crippen LogP contribution in [-0.2, 0) is 9.31 Å². The van der Waals surface area contributed by atoms with Crippen molar-refractivity contribution in [3.63, 3.8) is 0 Å². The largest absolute Gasteiger partial charge is 0.494 e. The van der Waals surface area contributed by atoms with Gasteiger partial charge < -0.3 is 9.31 Å². The molecule has 0 aromatic heterocycles. The van der Waals surface area contributed by atoms with Crippen molar-refractivity contribution in [3.8, 4) is 22.3 Å². The van der Waals surface area contributed by atoms with E-state index in [1.807, 2.05) is 13.8 Å². The lowest BCUT2D eigenvalue weighted by Crippen LogP contribution is -2.41. The summed E-state index contributed by atoms with van der Waals surface area (Å²) < 4.78 is 12.6. The molecule has 0 radical (unpaired) electrons. The predicted molar refractivity (Wildman–Crippen MR) is 177 cm³/mol. The van der Waals surface area contributed by atoms with E-state index in [0.29, 0.717) is 0 Å². The highest BCUT2D eigenvalue weighted by molar-refractivity contribution is 6.62. The van der Waals surface area contributed by atoms with Crippen LogP contribution >= 0.6 is 0 Å². The van der Waals surface area contributed by atoms with E-state index in [1.54, 1.807) is 0 Å². The molecule has 0 atom stereocenters. The summed E-state index contributed by atoms with van der Waals surface area (Å²) in [5, 5.41) is 7.56. The quantitative estimate of drug-likeness (QED) is 0.166. The van der Waals surface area contributed by atoms with E-state index in [9.17, 15) is 0 Å². The van der Waals surface area contributed by atoms with Gasteiger partial charge in [-0.15, -0.1) is 0 Å². The first-order valence-corrected chi connectivity index (χ1v) is 14.7. The maximum Gasteiger partial charge on any atom is 0.494 e. The van der Waals surface area contributed by atoms with E-state index in [1.165, 1.54) is 54.6 Å². The monoisotopic (exact) mass is 536 g/mol. The average molecular weight is 537 g/mol. The highest BCUT2D eigenvalue weighted by Gasteiger charge is 2.51. The highest BCUT2D eigenvalue weighted by Crippen LogP contribution is 2.45. The van der Waals surface area contributed by atoms with Crippen LogP contribution in [-0.4, -0.2) is 18.3 Å². The van der Waals surface area contributed by atoms with Crippen LogP contribution in [0.4, 0.5) is 0 Å². The molecule has 204 valence electrons. The van der Waals surface area contributed by atoms with E-state index >= 15 is 0 Å². The Morgan fingerprint density at radius 3 is 1.44 bits per heavy atom. The van der Waals surface area contributed by atoms with Gasteiger partial charge in [0.05, 0.1) is 11.2 Å². The van der Waals surface area contributed by atoms with Gasteiger partial charge in [-0.3, -0.25) is 0 Å². The third-order valence-electron chi connectivity index (χ3n) is 8.72. The minimum absolute atomic E-state index is 0.361. The molecule has 3 heteroatoms. The topological polar surface area (TPSA) is 18.5 Å². The van der Waals surface area contributed by atoms with Gasteiger partial charge in [-0.2, -0.15) is 0 Å². The molecule has 2 nitrogen and oxygen atoms in total. The Balaban J connectivity index is 0.00000148. The van der Waals surface area contributed by atoms with Gasteiger partial charge in [0, 0.05) is 0 Å². The fourth-order valence-corrected chi connectivity index (χ4v) is 5.96. The van der Waals surface area contributed by atoms with Crippen molar-refractivity contribution in [2.45, 2.75) is 52.7 Å². The van der Waals surface area contributed by atoms with Gasteiger partial charge in [0.25, 0.3) is 0 Å². The zero-order valence-electron chi connectivity index (χ0n) is 24.9. The highest BCUT2D eigenvalue weighted by atomic mass is 16.7. The number of fused-ring (bicyclic) bond motifs is 3. The Kier molecular flexibility index (Phi) is 6.97. The SMILES string of the molecule is CC.CC1(C)OB(c2ccc(-c3c4ccccc4c(-c4cccc5ccccc45)c4ccccc34)cc2)OC1(C)C. The van der Waals surface area contributed by atoms with Crippen molar-refractivity contribution >= 4 is 44.9 Å². The van der Waals surface area contributed by atoms with Crippen LogP contribution in [0.5, 0.6) is 0 Å². The second kappa shape index (κ2) is 10.5. The van der Waals surface area contributed by atoms with Crippen molar-refractivity contribution in [2.75, 3.05) is 0 Å². The Hall–Kier alpha value is -3.92. The Morgan fingerprint density at radius 2 is 0.902 bits per heavy atom. The van der Waals surface area contributed by atoms with Crippen LogP contribution in [0.2, 0.25) is 0 Å². The van der Waals surface area contributed by atoms with Gasteiger partial charge in [0.1, 0.15) is 0 Å². The molecule has 1 heterocycles. The fourth-order valence-electron chi connectivity index (χ4n) is 5.96. The summed E-state index contributed by atoms with van der Waals surface area (Å²) in [5.41, 5.74) is 5.32. The normalized spacial score (nSPS) is 15.7. The summed E-state index contributed by atoms with van der Waals surface area (Å²) >= 11 is 0. The summed E-state index contributed by atoms with van der Waals surface area (Å²) in [6, 6.07) is 41.7. The molecule has 1 saturated heterocycles. The molecule has 1 aliphatic heterocycles. The number of hydrogen-bond acceptors (Lipinski definition) is 2. The molecule has 0 spiro atoms. The Morgan fingerprint density at radius 1 is 0.463 bits per heavy atom. The third-order valence-corrected chi connectivity index (χ3v) is 8.72. The first-order valence-electron chi connectivity index (χ1n) is 14.7. The van der Waals surface area contributed by atoms with Crippen molar-refractivity contribution in [3.05, 3.63) is 115 Å². The molecule has 6 aromatic carbocycles. The van der Waals surface area contributed by atoms with E-state index < -0.39 is 0 Å². The molecule has 41 heavy (non-hydrogen) atoms. The van der Waals surface area contributed by atoms with Crippen LogP contribution in [0.25, 0.3) is 54.6 Å². The molecule has 7 rings (SSSR count). The fraction of sp³-hybridized carbons (Fsp3) is 0.211. The smallest absolute Gasteiger partial charge is 0.399 e. The maximum absolute atomic E-state index is 6.31. The first-order chi connectivity index (χ1) is 19.8. The second-order valence-corrected chi connectivity index (χ2v) is 11.6. The Labute approximate surface area is 244 Å². The maximum atomic E-state index is 6.31. The van der Waals surface area contributed by atoms with Crippen LogP contribution in [0, 0.1) is 0 Å². The zero-order valence-corrected chi connectivity index (χ0v) is 24.9. The molecule has 0 unspecified atom stereocenters. The first kappa shape index (κ1) is 27.3. The number of rotatable bonds is 3. The predicted octanol–water partition coefficient (Wildman–Crippen LogP) is 9.81. The summed E-state index contributed by atoms with van der Waals surface area (Å²) in [7, 11) is -0.369. The van der Waals surface area contributed by atoms with Crippen LogP contribution in [0.3, 0.4) is 0 Å². The van der Waals surface area contributed by atoms with E-state index in [2.05, 4.69) is 143 Å². The van der Waals surface area contributed by atoms with Gasteiger partial charge in [0.15, 0.2) is 0 Å². The van der Waals surface area contributed by atoms with Gasteiger partial charge in [-0.1, -0.05) is 129 Å². The molecule has 0 N–H and O–H groups in total. The van der Waals surface area contributed by atoms with Gasteiger partial charge in [-0.25, -0.2) is 0 Å². The molecule has 0 saturated carbocycles. The van der Waals surface area contributed by atoms with E-state index in [0.717, 1.165) is 5.46 Å². The van der Waals surface area contributed by atoms with Gasteiger partial charge in [0.2, 0.25) is 0 Å². The number of hydrogen-bond donors (Lipinski definition) is 0. The van der Waals surface area contributed by atoms with Gasteiger partial charge >= 0.3 is 7.12 Å². The average Bonchev–Trinajstić information content (AvgIpc) is 3.23. The molecule has 1 aliphatic rings. The second-order valence-electron chi connectivity index (χ2n) is 11.6. The van der Waals surface area contributed by atoms with Gasteiger partial charge in [-0.05, 0) is 87.7 Å². The minimum atomic E-state index is -0.369. The molecule has 0 aliphatic carbocycles. The standard InChI is InChI=1S/C36H31BO2.C2H6/c1-35(2)36(3,4)39-37(38-35)26-22-20-25(21-23-26)33-29-15-7-9-17-31(29)34(32-18-10-8-16-30(32)33)28-19-11-13-24-12-5-6-14-27(24)28;1-2/h5-23H,1-4H3;1-2H3.